The number of hydrogen-bond acceptors (Lipinski definition) is 3. The van der Waals surface area contributed by atoms with E-state index in [1.807, 2.05) is 30.3 Å². The smallest absolute Gasteiger partial charge is 0.356 e. The molecule has 0 unspecified atom stereocenters. The molecule has 0 radical (unpaired) electrons. The summed E-state index contributed by atoms with van der Waals surface area (Å²) in [5.74, 6) is -1.50. The SMILES string of the molecule is NC(N)=NN=C(C=Cc1ccccc1)C(=O)O. The number of carboxylic acids is 1. The van der Waals surface area contributed by atoms with Gasteiger partial charge < -0.3 is 16.6 Å². The molecule has 6 nitrogen and oxygen atoms in total. The Balaban J connectivity index is 2.89. The molecule has 0 heterocycles. The predicted molar refractivity (Wildman–Crippen MR) is 66.4 cm³/mol. The van der Waals surface area contributed by atoms with Crippen LogP contribution in [0.15, 0.2) is 46.6 Å². The van der Waals surface area contributed by atoms with E-state index >= 15 is 0 Å². The Morgan fingerprint density at radius 3 is 2.35 bits per heavy atom. The summed E-state index contributed by atoms with van der Waals surface area (Å²) in [7, 11) is 0. The highest BCUT2D eigenvalue weighted by Crippen LogP contribution is 2.01. The van der Waals surface area contributed by atoms with Crippen molar-refractivity contribution in [3.05, 3.63) is 42.0 Å². The molecule has 6 heteroatoms. The first-order valence-electron chi connectivity index (χ1n) is 4.72. The molecule has 0 atom stereocenters. The number of nitrogens with two attached hydrogens (primary N) is 2. The lowest BCUT2D eigenvalue weighted by Crippen LogP contribution is -2.22. The van der Waals surface area contributed by atoms with Gasteiger partial charge in [0.25, 0.3) is 0 Å². The quantitative estimate of drug-likeness (QED) is 0.396. The van der Waals surface area contributed by atoms with E-state index in [1.54, 1.807) is 6.08 Å². The molecule has 1 aromatic carbocycles. The van der Waals surface area contributed by atoms with Crippen molar-refractivity contribution in [2.45, 2.75) is 0 Å². The maximum atomic E-state index is 10.8. The van der Waals surface area contributed by atoms with E-state index in [-0.39, 0.29) is 11.7 Å². The van der Waals surface area contributed by atoms with Gasteiger partial charge in [0.1, 0.15) is 0 Å². The minimum absolute atomic E-state index is 0.248. The molecule has 0 saturated heterocycles. The molecule has 88 valence electrons. The van der Waals surface area contributed by atoms with Gasteiger partial charge in [-0.3, -0.25) is 0 Å². The lowest BCUT2D eigenvalue weighted by Gasteiger charge is -1.93. The summed E-state index contributed by atoms with van der Waals surface area (Å²) in [4.78, 5) is 10.8. The Labute approximate surface area is 98.0 Å². The second-order valence-corrected chi connectivity index (χ2v) is 3.06. The van der Waals surface area contributed by atoms with Crippen LogP contribution in [0.1, 0.15) is 5.56 Å². The van der Waals surface area contributed by atoms with Gasteiger partial charge in [0, 0.05) is 0 Å². The van der Waals surface area contributed by atoms with Gasteiger partial charge in [0.05, 0.1) is 0 Å². The summed E-state index contributed by atoms with van der Waals surface area (Å²) in [6.07, 6.45) is 2.93. The second kappa shape index (κ2) is 6.06. The monoisotopic (exact) mass is 232 g/mol. The molecule has 0 saturated carbocycles. The zero-order chi connectivity index (χ0) is 12.7. The summed E-state index contributed by atoms with van der Waals surface area (Å²) in [5.41, 5.74) is 10.7. The number of guanidine groups is 1. The zero-order valence-electron chi connectivity index (χ0n) is 8.95. The van der Waals surface area contributed by atoms with Crippen molar-refractivity contribution in [1.29, 1.82) is 0 Å². The second-order valence-electron chi connectivity index (χ2n) is 3.06. The van der Waals surface area contributed by atoms with E-state index in [0.29, 0.717) is 0 Å². The number of carbonyl (C=O) groups is 1. The Kier molecular flexibility index (Phi) is 4.44. The number of benzene rings is 1. The molecule has 17 heavy (non-hydrogen) atoms. The summed E-state index contributed by atoms with van der Waals surface area (Å²) < 4.78 is 0. The predicted octanol–water partition coefficient (Wildman–Crippen LogP) is 0.414. The lowest BCUT2D eigenvalue weighted by molar-refractivity contribution is -0.129. The standard InChI is InChI=1S/C11H12N4O2/c12-11(13)15-14-9(10(16)17)7-6-8-4-2-1-3-5-8/h1-7H,(H,16,17)(H4,12,13,15). The highest BCUT2D eigenvalue weighted by molar-refractivity contribution is 6.41. The first kappa shape index (κ1) is 12.4. The number of aliphatic carboxylic acids is 1. The largest absolute Gasteiger partial charge is 0.476 e. The van der Waals surface area contributed by atoms with Gasteiger partial charge in [-0.1, -0.05) is 36.4 Å². The third-order valence-electron chi connectivity index (χ3n) is 1.73. The van der Waals surface area contributed by atoms with Crippen molar-refractivity contribution in [1.82, 2.24) is 0 Å². The zero-order valence-corrected chi connectivity index (χ0v) is 8.95. The van der Waals surface area contributed by atoms with E-state index in [1.165, 1.54) is 6.08 Å². The first-order chi connectivity index (χ1) is 8.09. The van der Waals surface area contributed by atoms with Crippen molar-refractivity contribution >= 4 is 23.7 Å². The molecule has 0 aromatic heterocycles. The van der Waals surface area contributed by atoms with Crippen LogP contribution in [0, 0.1) is 0 Å². The van der Waals surface area contributed by atoms with Gasteiger partial charge in [-0.15, -0.1) is 10.2 Å². The van der Waals surface area contributed by atoms with Crippen molar-refractivity contribution in [3.8, 4) is 0 Å². The van der Waals surface area contributed by atoms with E-state index in [2.05, 4.69) is 10.2 Å². The van der Waals surface area contributed by atoms with Gasteiger partial charge in [-0.25, -0.2) is 4.79 Å². The van der Waals surface area contributed by atoms with Gasteiger partial charge in [-0.05, 0) is 11.6 Å². The van der Waals surface area contributed by atoms with E-state index in [4.69, 9.17) is 16.6 Å². The molecule has 5 N–H and O–H groups in total. The Morgan fingerprint density at radius 1 is 1.18 bits per heavy atom. The number of rotatable bonds is 4. The first-order valence-corrected chi connectivity index (χ1v) is 4.72. The van der Waals surface area contributed by atoms with Gasteiger partial charge in [0.2, 0.25) is 5.96 Å². The molecule has 0 spiro atoms. The van der Waals surface area contributed by atoms with E-state index < -0.39 is 5.97 Å². The van der Waals surface area contributed by atoms with Crippen LogP contribution >= 0.6 is 0 Å². The van der Waals surface area contributed by atoms with Crippen LogP contribution in [0.2, 0.25) is 0 Å². The molecular weight excluding hydrogens is 220 g/mol. The maximum absolute atomic E-state index is 10.8. The minimum Gasteiger partial charge on any atom is -0.476 e. The van der Waals surface area contributed by atoms with Gasteiger partial charge in [0.15, 0.2) is 5.71 Å². The molecular formula is C11H12N4O2. The Bertz CT molecular complexity index is 474. The fraction of sp³-hybridized carbons (Fsp3) is 0. The highest BCUT2D eigenvalue weighted by Gasteiger charge is 2.04. The van der Waals surface area contributed by atoms with Crippen LogP contribution < -0.4 is 11.5 Å². The molecule has 0 aliphatic heterocycles. The average molecular weight is 232 g/mol. The van der Waals surface area contributed by atoms with E-state index in [0.717, 1.165) is 5.56 Å². The molecule has 0 bridgehead atoms. The molecule has 1 rings (SSSR count). The van der Waals surface area contributed by atoms with E-state index in [9.17, 15) is 4.79 Å². The fourth-order valence-corrected chi connectivity index (χ4v) is 0.998. The topological polar surface area (TPSA) is 114 Å². The van der Waals surface area contributed by atoms with Crippen LogP contribution in [0.4, 0.5) is 0 Å². The molecule has 1 aromatic rings. The molecule has 0 amide bonds. The molecule has 0 aliphatic carbocycles. The minimum atomic E-state index is -1.21. The van der Waals surface area contributed by atoms with Crippen LogP contribution in [0.3, 0.4) is 0 Å². The lowest BCUT2D eigenvalue weighted by atomic mass is 10.2. The normalized spacial score (nSPS) is 11.4. The molecule has 0 fully saturated rings. The fourth-order valence-electron chi connectivity index (χ4n) is 0.998. The van der Waals surface area contributed by atoms with Gasteiger partial charge >= 0.3 is 5.97 Å². The summed E-state index contributed by atoms with van der Waals surface area (Å²) in [5, 5.41) is 15.5. The number of carboxylic acid groups (broad SMARTS) is 1. The van der Waals surface area contributed by atoms with Crippen LogP contribution in [-0.4, -0.2) is 22.7 Å². The summed E-state index contributed by atoms with van der Waals surface area (Å²) >= 11 is 0. The van der Waals surface area contributed by atoms with Crippen molar-refractivity contribution in [2.75, 3.05) is 0 Å². The number of nitrogens with zero attached hydrogens (tertiary/aromatic N) is 2. The summed E-state index contributed by atoms with van der Waals surface area (Å²) in [6, 6.07) is 9.20. The van der Waals surface area contributed by atoms with Crippen LogP contribution in [0.5, 0.6) is 0 Å². The molecule has 0 aliphatic rings. The van der Waals surface area contributed by atoms with Crippen molar-refractivity contribution in [2.24, 2.45) is 21.7 Å². The van der Waals surface area contributed by atoms with Crippen LogP contribution in [-0.2, 0) is 4.79 Å². The highest BCUT2D eigenvalue weighted by atomic mass is 16.4. The average Bonchev–Trinajstić information content (AvgIpc) is 2.29. The third-order valence-corrected chi connectivity index (χ3v) is 1.73. The Hall–Kier alpha value is -2.63. The third kappa shape index (κ3) is 4.61. The number of hydrogen-bond donors (Lipinski definition) is 3. The van der Waals surface area contributed by atoms with Crippen molar-refractivity contribution < 1.29 is 9.90 Å². The Morgan fingerprint density at radius 2 is 1.82 bits per heavy atom. The van der Waals surface area contributed by atoms with Gasteiger partial charge in [-0.2, -0.15) is 0 Å². The van der Waals surface area contributed by atoms with Crippen molar-refractivity contribution in [3.63, 3.8) is 0 Å². The maximum Gasteiger partial charge on any atom is 0.356 e. The summed E-state index contributed by atoms with van der Waals surface area (Å²) in [6.45, 7) is 0. The van der Waals surface area contributed by atoms with Crippen LogP contribution in [0.25, 0.3) is 6.08 Å².